The first-order valence-electron chi connectivity index (χ1n) is 12.6. The fourth-order valence-corrected chi connectivity index (χ4v) is 4.84. The van der Waals surface area contributed by atoms with Crippen LogP contribution < -0.4 is 15.1 Å². The second-order valence-corrected chi connectivity index (χ2v) is 9.65. The van der Waals surface area contributed by atoms with Gasteiger partial charge in [-0.3, -0.25) is 4.79 Å². The molecule has 1 atom stereocenters. The predicted molar refractivity (Wildman–Crippen MR) is 132 cm³/mol. The number of halogens is 3. The number of carbonyl (C=O) groups excluding carboxylic acids is 1. The van der Waals surface area contributed by atoms with E-state index in [-0.39, 0.29) is 42.5 Å². The van der Waals surface area contributed by atoms with E-state index in [1.165, 1.54) is 0 Å². The van der Waals surface area contributed by atoms with Gasteiger partial charge in [0, 0.05) is 45.4 Å². The van der Waals surface area contributed by atoms with Crippen molar-refractivity contribution in [3.8, 4) is 6.07 Å². The summed E-state index contributed by atoms with van der Waals surface area (Å²) in [5.74, 6) is -1.12. The van der Waals surface area contributed by atoms with Crippen molar-refractivity contribution in [2.45, 2.75) is 38.3 Å². The molecule has 2 saturated heterocycles. The molecule has 0 aliphatic carbocycles. The number of benzene rings is 1. The zero-order chi connectivity index (χ0) is 26.4. The highest BCUT2D eigenvalue weighted by atomic mass is 19.4. The van der Waals surface area contributed by atoms with Gasteiger partial charge < -0.3 is 20.2 Å². The van der Waals surface area contributed by atoms with E-state index in [0.717, 1.165) is 5.56 Å². The van der Waals surface area contributed by atoms with Gasteiger partial charge in [-0.15, -0.1) is 0 Å². The van der Waals surface area contributed by atoms with Crippen LogP contribution >= 0.6 is 0 Å². The first kappa shape index (κ1) is 26.7. The van der Waals surface area contributed by atoms with Crippen molar-refractivity contribution in [2.24, 2.45) is 11.8 Å². The Labute approximate surface area is 214 Å². The number of aliphatic hydroxyl groups excluding tert-OH is 1. The highest BCUT2D eigenvalue weighted by Crippen LogP contribution is 2.33. The van der Waals surface area contributed by atoms with Crippen LogP contribution in [-0.4, -0.2) is 60.3 Å². The van der Waals surface area contributed by atoms with Crippen LogP contribution in [0.15, 0.2) is 30.3 Å². The average molecular weight is 517 g/mol. The van der Waals surface area contributed by atoms with E-state index in [0.29, 0.717) is 63.8 Å². The lowest BCUT2D eigenvalue weighted by Crippen LogP contribution is -2.44. The van der Waals surface area contributed by atoms with Crippen molar-refractivity contribution in [3.05, 3.63) is 47.3 Å². The lowest BCUT2D eigenvalue weighted by atomic mass is 9.97. The first-order chi connectivity index (χ1) is 17.8. The smallest absolute Gasteiger partial charge is 0.396 e. The molecule has 1 aromatic carbocycles. The Morgan fingerprint density at radius 2 is 1.76 bits per heavy atom. The van der Waals surface area contributed by atoms with Crippen LogP contribution in [0.4, 0.5) is 24.8 Å². The number of anilines is 2. The Bertz CT molecular complexity index is 1110. The molecule has 0 radical (unpaired) electrons. The third-order valence-corrected chi connectivity index (χ3v) is 7.06. The number of alkyl halides is 3. The lowest BCUT2D eigenvalue weighted by molar-refractivity contribution is -0.144. The van der Waals surface area contributed by atoms with Crippen LogP contribution in [-0.2, 0) is 17.4 Å². The minimum absolute atomic E-state index is 0.0708. The molecule has 0 unspecified atom stereocenters. The summed E-state index contributed by atoms with van der Waals surface area (Å²) in [6.07, 6.45) is -1.39. The topological polar surface area (TPSA) is 105 Å². The molecule has 2 aromatic rings. The monoisotopic (exact) mass is 516 g/mol. The third kappa shape index (κ3) is 6.89. The Hall–Kier alpha value is -3.39. The molecule has 198 valence electrons. The van der Waals surface area contributed by atoms with E-state index in [9.17, 15) is 23.1 Å². The zero-order valence-electron chi connectivity index (χ0n) is 20.5. The highest BCUT2D eigenvalue weighted by Gasteiger charge is 2.37. The summed E-state index contributed by atoms with van der Waals surface area (Å²) >= 11 is 0. The standard InChI is InChI=1S/C26H31F3N6O2/c27-26(28,29)25-32-22(34-12-8-20(17-36)9-13-34)14-23(33-25)35-11-1-2-21(16-35)24(37)31-10-7-18-3-5-19(15-30)6-4-18/h3-6,14,20-21,36H,1-2,7-13,16-17H2,(H,31,37)/t21-/m1/s1. The number of hydrogen-bond acceptors (Lipinski definition) is 7. The average Bonchev–Trinajstić information content (AvgIpc) is 2.92. The fourth-order valence-electron chi connectivity index (χ4n) is 4.84. The van der Waals surface area contributed by atoms with Gasteiger partial charge in [-0.25, -0.2) is 9.97 Å². The molecule has 0 saturated carbocycles. The van der Waals surface area contributed by atoms with Crippen LogP contribution in [0.25, 0.3) is 0 Å². The van der Waals surface area contributed by atoms with E-state index in [2.05, 4.69) is 21.4 Å². The number of aromatic nitrogens is 2. The summed E-state index contributed by atoms with van der Waals surface area (Å²) in [6, 6.07) is 10.8. The van der Waals surface area contributed by atoms with Crippen LogP contribution in [0.2, 0.25) is 0 Å². The minimum Gasteiger partial charge on any atom is -0.396 e. The summed E-state index contributed by atoms with van der Waals surface area (Å²) in [4.78, 5) is 24.0. The SMILES string of the molecule is N#Cc1ccc(CCNC(=O)[C@@H]2CCCN(c3cc(N4CCC(CO)CC4)nc(C(F)(F)F)n3)C2)cc1. The van der Waals surface area contributed by atoms with Gasteiger partial charge >= 0.3 is 6.18 Å². The second-order valence-electron chi connectivity index (χ2n) is 9.65. The van der Waals surface area contributed by atoms with Gasteiger partial charge in [0.1, 0.15) is 11.6 Å². The molecule has 1 aromatic heterocycles. The van der Waals surface area contributed by atoms with Crippen molar-refractivity contribution in [1.29, 1.82) is 5.26 Å². The summed E-state index contributed by atoms with van der Waals surface area (Å²) < 4.78 is 41.0. The van der Waals surface area contributed by atoms with E-state index in [1.54, 1.807) is 23.1 Å². The van der Waals surface area contributed by atoms with Crippen LogP contribution in [0.5, 0.6) is 0 Å². The zero-order valence-corrected chi connectivity index (χ0v) is 20.5. The molecule has 4 rings (SSSR count). The van der Waals surface area contributed by atoms with E-state index in [1.807, 2.05) is 17.0 Å². The number of piperidine rings is 2. The van der Waals surface area contributed by atoms with Gasteiger partial charge in [-0.05, 0) is 55.7 Å². The molecule has 2 N–H and O–H groups in total. The lowest BCUT2D eigenvalue weighted by Gasteiger charge is -2.35. The van der Waals surface area contributed by atoms with Crippen LogP contribution in [0.3, 0.4) is 0 Å². The van der Waals surface area contributed by atoms with Gasteiger partial charge in [0.2, 0.25) is 11.7 Å². The number of hydrogen-bond donors (Lipinski definition) is 2. The van der Waals surface area contributed by atoms with Crippen LogP contribution in [0, 0.1) is 23.2 Å². The minimum atomic E-state index is -4.69. The molecule has 2 fully saturated rings. The quantitative estimate of drug-likeness (QED) is 0.583. The number of amides is 1. The second kappa shape index (κ2) is 11.8. The molecule has 11 heteroatoms. The largest absolute Gasteiger partial charge is 0.451 e. The maximum Gasteiger partial charge on any atom is 0.451 e. The highest BCUT2D eigenvalue weighted by molar-refractivity contribution is 5.79. The van der Waals surface area contributed by atoms with E-state index in [4.69, 9.17) is 5.26 Å². The maximum atomic E-state index is 13.7. The molecule has 0 bridgehead atoms. The fraction of sp³-hybridized carbons (Fsp3) is 0.538. The summed E-state index contributed by atoms with van der Waals surface area (Å²) in [7, 11) is 0. The Balaban J connectivity index is 1.41. The van der Waals surface area contributed by atoms with Crippen molar-refractivity contribution in [2.75, 3.05) is 49.1 Å². The Kier molecular flexibility index (Phi) is 8.48. The third-order valence-electron chi connectivity index (χ3n) is 7.06. The van der Waals surface area contributed by atoms with Gasteiger partial charge in [0.25, 0.3) is 0 Å². The molecule has 37 heavy (non-hydrogen) atoms. The summed E-state index contributed by atoms with van der Waals surface area (Å²) in [5, 5.41) is 21.2. The van der Waals surface area contributed by atoms with Crippen molar-refractivity contribution in [1.82, 2.24) is 15.3 Å². The van der Waals surface area contributed by atoms with E-state index < -0.39 is 12.0 Å². The van der Waals surface area contributed by atoms with Crippen molar-refractivity contribution < 1.29 is 23.1 Å². The molecule has 2 aliphatic heterocycles. The Morgan fingerprint density at radius 1 is 1.08 bits per heavy atom. The Morgan fingerprint density at radius 3 is 2.38 bits per heavy atom. The first-order valence-corrected chi connectivity index (χ1v) is 12.6. The molecule has 8 nitrogen and oxygen atoms in total. The van der Waals surface area contributed by atoms with Crippen LogP contribution in [0.1, 0.15) is 42.6 Å². The van der Waals surface area contributed by atoms with Crippen molar-refractivity contribution in [3.63, 3.8) is 0 Å². The number of aliphatic hydroxyl groups is 1. The number of rotatable bonds is 7. The van der Waals surface area contributed by atoms with Gasteiger partial charge in [0.05, 0.1) is 17.6 Å². The van der Waals surface area contributed by atoms with Gasteiger partial charge in [0.15, 0.2) is 0 Å². The molecule has 3 heterocycles. The summed E-state index contributed by atoms with van der Waals surface area (Å²) in [6.45, 7) is 2.33. The number of nitriles is 1. The number of nitrogens with one attached hydrogen (secondary N) is 1. The number of carbonyl (C=O) groups is 1. The predicted octanol–water partition coefficient (Wildman–Crippen LogP) is 3.15. The maximum absolute atomic E-state index is 13.7. The number of nitrogens with zero attached hydrogens (tertiary/aromatic N) is 5. The molecular formula is C26H31F3N6O2. The van der Waals surface area contributed by atoms with E-state index >= 15 is 0 Å². The molecule has 2 aliphatic rings. The molecule has 1 amide bonds. The van der Waals surface area contributed by atoms with Crippen molar-refractivity contribution >= 4 is 17.5 Å². The van der Waals surface area contributed by atoms with Gasteiger partial charge in [-0.2, -0.15) is 18.4 Å². The molecular weight excluding hydrogens is 485 g/mol. The summed E-state index contributed by atoms with van der Waals surface area (Å²) in [5.41, 5.74) is 1.58. The van der Waals surface area contributed by atoms with Gasteiger partial charge in [-0.1, -0.05) is 12.1 Å². The normalized spacial score (nSPS) is 18.9. The molecule has 0 spiro atoms.